The molecule has 3 aliphatic rings. The molecule has 2 aromatic carbocycles. The first-order valence-corrected chi connectivity index (χ1v) is 16.0. The number of fused-ring (bicyclic) bond motifs is 1. The predicted octanol–water partition coefficient (Wildman–Crippen LogP) is 7.19. The fraction of sp³-hybridized carbons (Fsp3) is 0.543. The Morgan fingerprint density at radius 1 is 0.902 bits per heavy atom. The molecule has 0 radical (unpaired) electrons. The molecule has 1 saturated carbocycles. The highest BCUT2D eigenvalue weighted by atomic mass is 19.1. The minimum atomic E-state index is -0.386. The summed E-state index contributed by atoms with van der Waals surface area (Å²) < 4.78 is 15.3. The van der Waals surface area contributed by atoms with E-state index in [4.69, 9.17) is 4.98 Å². The lowest BCUT2D eigenvalue weighted by molar-refractivity contribution is 0.0878. The number of pyridine rings is 1. The van der Waals surface area contributed by atoms with Crippen LogP contribution in [0.4, 0.5) is 4.39 Å². The van der Waals surface area contributed by atoms with E-state index < -0.39 is 0 Å². The van der Waals surface area contributed by atoms with Gasteiger partial charge in [-0.25, -0.2) is 9.37 Å². The number of nitrogens with zero attached hydrogens (tertiary/aromatic N) is 3. The number of amides is 1. The number of aromatic nitrogens is 1. The zero-order valence-corrected chi connectivity index (χ0v) is 24.6. The maximum absolute atomic E-state index is 15.3. The smallest absolute Gasteiger partial charge is 0.252 e. The Labute approximate surface area is 244 Å². The molecule has 1 atom stereocenters. The van der Waals surface area contributed by atoms with Crippen molar-refractivity contribution in [2.75, 3.05) is 26.2 Å². The SMILES string of the molecule is C[C@@H](NC(=O)c1c(CN2CCC(N3CCCCC3)CC2)c(-c2ccccc2)nc2c(F)cccc12)C1CCCCC1. The highest BCUT2D eigenvalue weighted by molar-refractivity contribution is 6.09. The monoisotopic (exact) mass is 556 g/mol. The molecule has 1 amide bonds. The fourth-order valence-electron chi connectivity index (χ4n) is 7.52. The quantitative estimate of drug-likeness (QED) is 0.335. The van der Waals surface area contributed by atoms with Gasteiger partial charge in [0.05, 0.1) is 11.3 Å². The van der Waals surface area contributed by atoms with Crippen molar-refractivity contribution < 1.29 is 9.18 Å². The van der Waals surface area contributed by atoms with E-state index in [0.717, 1.165) is 55.6 Å². The first-order valence-electron chi connectivity index (χ1n) is 16.0. The summed E-state index contributed by atoms with van der Waals surface area (Å²) in [5, 5.41) is 3.98. The van der Waals surface area contributed by atoms with Gasteiger partial charge in [-0.1, -0.05) is 68.1 Å². The third-order valence-electron chi connectivity index (χ3n) is 9.90. The van der Waals surface area contributed by atoms with Crippen molar-refractivity contribution in [3.05, 3.63) is 65.5 Å². The molecule has 3 aromatic rings. The largest absolute Gasteiger partial charge is 0.349 e. The number of likely N-dealkylation sites (tertiary alicyclic amines) is 2. The number of hydrogen-bond acceptors (Lipinski definition) is 4. The van der Waals surface area contributed by atoms with Gasteiger partial charge in [0.25, 0.3) is 5.91 Å². The average Bonchev–Trinajstić information content (AvgIpc) is 3.02. The molecule has 5 nitrogen and oxygen atoms in total. The van der Waals surface area contributed by atoms with E-state index in [1.165, 1.54) is 57.7 Å². The van der Waals surface area contributed by atoms with Gasteiger partial charge in [0.1, 0.15) is 11.3 Å². The van der Waals surface area contributed by atoms with Gasteiger partial charge in [-0.2, -0.15) is 0 Å². The number of carbonyl (C=O) groups excluding carboxylic acids is 1. The van der Waals surface area contributed by atoms with E-state index in [9.17, 15) is 4.79 Å². The molecule has 2 saturated heterocycles. The second-order valence-corrected chi connectivity index (χ2v) is 12.6. The van der Waals surface area contributed by atoms with Crippen LogP contribution in [-0.2, 0) is 6.54 Å². The summed E-state index contributed by atoms with van der Waals surface area (Å²) in [6, 6.07) is 15.8. The maximum atomic E-state index is 15.3. The van der Waals surface area contributed by atoms with Crippen molar-refractivity contribution in [2.45, 2.75) is 89.8 Å². The van der Waals surface area contributed by atoms with Crippen molar-refractivity contribution in [1.82, 2.24) is 20.1 Å². The lowest BCUT2D eigenvalue weighted by atomic mass is 9.84. The predicted molar refractivity (Wildman–Crippen MR) is 164 cm³/mol. The topological polar surface area (TPSA) is 48.5 Å². The van der Waals surface area contributed by atoms with Crippen molar-refractivity contribution in [3.63, 3.8) is 0 Å². The first-order chi connectivity index (χ1) is 20.1. The summed E-state index contributed by atoms with van der Waals surface area (Å²) >= 11 is 0. The van der Waals surface area contributed by atoms with E-state index in [-0.39, 0.29) is 23.3 Å². The molecule has 3 heterocycles. The molecule has 0 spiro atoms. The molecular formula is C35H45FN4O. The molecule has 2 aliphatic heterocycles. The number of para-hydroxylation sites is 1. The van der Waals surface area contributed by atoms with E-state index in [0.29, 0.717) is 29.5 Å². The van der Waals surface area contributed by atoms with Gasteiger partial charge >= 0.3 is 0 Å². The summed E-state index contributed by atoms with van der Waals surface area (Å²) in [6.45, 7) is 7.23. The molecule has 41 heavy (non-hydrogen) atoms. The Bertz CT molecular complexity index is 1330. The van der Waals surface area contributed by atoms with Crippen LogP contribution in [0.5, 0.6) is 0 Å². The number of carbonyl (C=O) groups is 1. The zero-order valence-electron chi connectivity index (χ0n) is 24.6. The molecule has 1 N–H and O–H groups in total. The number of nitrogens with one attached hydrogen (secondary N) is 1. The maximum Gasteiger partial charge on any atom is 0.252 e. The molecule has 6 rings (SSSR count). The molecule has 1 aliphatic carbocycles. The normalized spacial score (nSPS) is 20.7. The van der Waals surface area contributed by atoms with Gasteiger partial charge in [0.15, 0.2) is 0 Å². The van der Waals surface area contributed by atoms with E-state index in [1.54, 1.807) is 6.07 Å². The summed E-state index contributed by atoms with van der Waals surface area (Å²) in [7, 11) is 0. The van der Waals surface area contributed by atoms with E-state index >= 15 is 4.39 Å². The summed E-state index contributed by atoms with van der Waals surface area (Å²) in [4.78, 5) is 24.3. The lowest BCUT2D eigenvalue weighted by Crippen LogP contribution is -2.46. The summed E-state index contributed by atoms with van der Waals surface area (Å²) in [5.74, 6) is 0.00260. The molecule has 3 fully saturated rings. The Balaban J connectivity index is 1.36. The van der Waals surface area contributed by atoms with Gasteiger partial charge in [-0.05, 0) is 83.6 Å². The van der Waals surface area contributed by atoms with Crippen molar-refractivity contribution in [3.8, 4) is 11.3 Å². The van der Waals surface area contributed by atoms with Gasteiger partial charge < -0.3 is 10.2 Å². The first kappa shape index (κ1) is 28.3. The molecule has 6 heteroatoms. The molecule has 1 aromatic heterocycles. The fourth-order valence-corrected chi connectivity index (χ4v) is 7.52. The van der Waals surface area contributed by atoms with Crippen LogP contribution in [0.15, 0.2) is 48.5 Å². The third kappa shape index (κ3) is 6.34. The standard InChI is InChI=1S/C35H45FN4O/c1-25(26-12-5-2-6-13-26)37-35(41)32-29-16-11-17-31(36)34(29)38-33(27-14-7-3-8-15-27)30(32)24-39-22-18-28(19-23-39)40-20-9-4-10-21-40/h3,7-8,11,14-17,25-26,28H,2,4-6,9-10,12-13,18-24H2,1H3,(H,37,41)/t25-/m1/s1. The van der Waals surface area contributed by atoms with Gasteiger partial charge in [0.2, 0.25) is 0 Å². The Kier molecular flexibility index (Phi) is 8.97. The van der Waals surface area contributed by atoms with Crippen LogP contribution in [-0.4, -0.2) is 59.0 Å². The van der Waals surface area contributed by atoms with Crippen molar-refractivity contribution in [1.29, 1.82) is 0 Å². The van der Waals surface area contributed by atoms with Crippen LogP contribution in [0.2, 0.25) is 0 Å². The third-order valence-corrected chi connectivity index (χ3v) is 9.90. The number of halogens is 1. The Morgan fingerprint density at radius 3 is 2.34 bits per heavy atom. The van der Waals surface area contributed by atoms with Crippen LogP contribution in [0.1, 0.15) is 87.1 Å². The number of benzene rings is 2. The summed E-state index contributed by atoms with van der Waals surface area (Å²) in [5.41, 5.74) is 3.42. The molecule has 0 bridgehead atoms. The van der Waals surface area contributed by atoms with Crippen LogP contribution in [0, 0.1) is 11.7 Å². The minimum absolute atomic E-state index is 0.0767. The average molecular weight is 557 g/mol. The number of piperidine rings is 2. The lowest BCUT2D eigenvalue weighted by Gasteiger charge is -2.40. The molecular weight excluding hydrogens is 511 g/mol. The van der Waals surface area contributed by atoms with Gasteiger partial charge in [-0.3, -0.25) is 9.69 Å². The second kappa shape index (κ2) is 13.0. The van der Waals surface area contributed by atoms with Crippen LogP contribution in [0.25, 0.3) is 22.2 Å². The Hall–Kier alpha value is -2.83. The number of rotatable bonds is 7. The van der Waals surface area contributed by atoms with Gasteiger partial charge in [-0.15, -0.1) is 0 Å². The highest BCUT2D eigenvalue weighted by Crippen LogP contribution is 2.34. The number of hydrogen-bond donors (Lipinski definition) is 1. The Morgan fingerprint density at radius 2 is 1.61 bits per heavy atom. The molecule has 0 unspecified atom stereocenters. The zero-order chi connectivity index (χ0) is 28.2. The second-order valence-electron chi connectivity index (χ2n) is 12.6. The van der Waals surface area contributed by atoms with Gasteiger partial charge in [0, 0.05) is 35.1 Å². The van der Waals surface area contributed by atoms with E-state index in [2.05, 4.69) is 22.0 Å². The summed E-state index contributed by atoms with van der Waals surface area (Å²) in [6.07, 6.45) is 12.3. The van der Waals surface area contributed by atoms with Crippen molar-refractivity contribution >= 4 is 16.8 Å². The highest BCUT2D eigenvalue weighted by Gasteiger charge is 2.30. The van der Waals surface area contributed by atoms with E-state index in [1.807, 2.05) is 36.4 Å². The van der Waals surface area contributed by atoms with Crippen LogP contribution in [0.3, 0.4) is 0 Å². The molecule has 218 valence electrons. The van der Waals surface area contributed by atoms with Crippen molar-refractivity contribution in [2.24, 2.45) is 5.92 Å². The van der Waals surface area contributed by atoms with Crippen LogP contribution < -0.4 is 5.32 Å². The van der Waals surface area contributed by atoms with Crippen LogP contribution >= 0.6 is 0 Å². The minimum Gasteiger partial charge on any atom is -0.349 e.